The van der Waals surface area contributed by atoms with Crippen molar-refractivity contribution in [2.75, 3.05) is 0 Å². The lowest BCUT2D eigenvalue weighted by Crippen LogP contribution is -1.97. The Kier molecular flexibility index (Phi) is 5.55. The van der Waals surface area contributed by atoms with E-state index in [1.807, 2.05) is 0 Å². The second kappa shape index (κ2) is 7.40. The van der Waals surface area contributed by atoms with Gasteiger partial charge in [-0.3, -0.25) is 4.79 Å². The third-order valence-electron chi connectivity index (χ3n) is 4.13. The number of carbonyl (C=O) groups excluding carboxylic acids is 1. The van der Waals surface area contributed by atoms with Crippen LogP contribution in [0.3, 0.4) is 0 Å². The van der Waals surface area contributed by atoms with Gasteiger partial charge >= 0.3 is 0 Å². The lowest BCUT2D eigenvalue weighted by Gasteiger charge is -2.11. The molecule has 0 N–H and O–H groups in total. The maximum Gasteiger partial charge on any atom is 0.159 e. The number of hydrogen-bond donors (Lipinski definition) is 0. The fourth-order valence-corrected chi connectivity index (χ4v) is 2.81. The summed E-state index contributed by atoms with van der Waals surface area (Å²) in [5.41, 5.74) is 3.55. The van der Waals surface area contributed by atoms with Gasteiger partial charge in [-0.2, -0.15) is 0 Å². The van der Waals surface area contributed by atoms with E-state index in [-0.39, 0.29) is 5.78 Å². The minimum absolute atomic E-state index is 0.161. The first-order chi connectivity index (χ1) is 10.2. The van der Waals surface area contributed by atoms with Crippen molar-refractivity contribution in [2.45, 2.75) is 59.3 Å². The van der Waals surface area contributed by atoms with Crippen LogP contribution in [-0.2, 0) is 12.8 Å². The molecule has 21 heavy (non-hydrogen) atoms. The zero-order chi connectivity index (χ0) is 15.2. The molecule has 1 heteroatoms. The van der Waals surface area contributed by atoms with Crippen LogP contribution < -0.4 is 0 Å². The number of carbonyl (C=O) groups is 1. The molecule has 0 aromatic heterocycles. The van der Waals surface area contributed by atoms with Crippen LogP contribution in [0.5, 0.6) is 0 Å². The molecule has 0 fully saturated rings. The first-order valence-electron chi connectivity index (χ1n) is 8.22. The van der Waals surface area contributed by atoms with Crippen molar-refractivity contribution < 1.29 is 4.79 Å². The van der Waals surface area contributed by atoms with Crippen molar-refractivity contribution in [1.29, 1.82) is 0 Å². The van der Waals surface area contributed by atoms with Crippen LogP contribution in [0.2, 0.25) is 0 Å². The van der Waals surface area contributed by atoms with Gasteiger partial charge in [-0.1, -0.05) is 44.9 Å². The average Bonchev–Trinajstić information content (AvgIpc) is 2.49. The number of fused-ring (bicyclic) bond motifs is 1. The van der Waals surface area contributed by atoms with Crippen LogP contribution in [0.15, 0.2) is 30.3 Å². The Morgan fingerprint density at radius 3 is 2.33 bits per heavy atom. The van der Waals surface area contributed by atoms with E-state index < -0.39 is 0 Å². The SMILES string of the molecule is CCCCc1ccc2c(CCCC)cc(C(C)=O)cc2c1. The maximum atomic E-state index is 11.8. The van der Waals surface area contributed by atoms with Crippen LogP contribution >= 0.6 is 0 Å². The maximum absolute atomic E-state index is 11.8. The molecular weight excluding hydrogens is 256 g/mol. The molecule has 0 saturated heterocycles. The van der Waals surface area contributed by atoms with Gasteiger partial charge in [-0.25, -0.2) is 0 Å². The van der Waals surface area contributed by atoms with Crippen molar-refractivity contribution in [3.8, 4) is 0 Å². The summed E-state index contributed by atoms with van der Waals surface area (Å²) < 4.78 is 0. The molecule has 0 aliphatic rings. The monoisotopic (exact) mass is 282 g/mol. The zero-order valence-electron chi connectivity index (χ0n) is 13.5. The molecular formula is C20H26O. The van der Waals surface area contributed by atoms with E-state index in [0.717, 1.165) is 18.4 Å². The lowest BCUT2D eigenvalue weighted by molar-refractivity contribution is 0.101. The Hall–Kier alpha value is -1.63. The highest BCUT2D eigenvalue weighted by molar-refractivity contribution is 5.99. The van der Waals surface area contributed by atoms with Crippen molar-refractivity contribution in [2.24, 2.45) is 0 Å². The Labute approximate surface area is 128 Å². The van der Waals surface area contributed by atoms with Crippen LogP contribution in [0.25, 0.3) is 10.8 Å². The van der Waals surface area contributed by atoms with E-state index in [0.29, 0.717) is 0 Å². The lowest BCUT2D eigenvalue weighted by atomic mass is 9.94. The minimum atomic E-state index is 0.161. The van der Waals surface area contributed by atoms with Crippen molar-refractivity contribution in [3.63, 3.8) is 0 Å². The van der Waals surface area contributed by atoms with Gasteiger partial charge in [0.25, 0.3) is 0 Å². The summed E-state index contributed by atoms with van der Waals surface area (Å²) in [7, 11) is 0. The Morgan fingerprint density at radius 2 is 1.67 bits per heavy atom. The quantitative estimate of drug-likeness (QED) is 0.593. The first kappa shape index (κ1) is 15.8. The van der Waals surface area contributed by atoms with E-state index in [1.165, 1.54) is 47.6 Å². The largest absolute Gasteiger partial charge is 0.295 e. The second-order valence-electron chi connectivity index (χ2n) is 5.95. The van der Waals surface area contributed by atoms with Gasteiger partial charge in [0.15, 0.2) is 5.78 Å². The van der Waals surface area contributed by atoms with Gasteiger partial charge in [0.1, 0.15) is 0 Å². The van der Waals surface area contributed by atoms with Gasteiger partial charge in [0, 0.05) is 5.56 Å². The highest BCUT2D eigenvalue weighted by Crippen LogP contribution is 2.25. The summed E-state index contributed by atoms with van der Waals surface area (Å²) in [6.45, 7) is 6.09. The smallest absolute Gasteiger partial charge is 0.159 e. The van der Waals surface area contributed by atoms with Crippen LogP contribution in [0.4, 0.5) is 0 Å². The van der Waals surface area contributed by atoms with Crippen LogP contribution in [0, 0.1) is 0 Å². The average molecular weight is 282 g/mol. The number of benzene rings is 2. The van der Waals surface area contributed by atoms with Crippen molar-refractivity contribution >= 4 is 16.6 Å². The second-order valence-corrected chi connectivity index (χ2v) is 5.95. The molecule has 0 aliphatic carbocycles. The Bertz CT molecular complexity index is 625. The molecule has 0 amide bonds. The predicted molar refractivity (Wildman–Crippen MR) is 91.2 cm³/mol. The molecule has 0 atom stereocenters. The molecule has 2 rings (SSSR count). The standard InChI is InChI=1S/C20H26O/c1-4-6-8-16-10-11-20-17(9-7-5-2)13-18(15(3)21)14-19(20)12-16/h10-14H,4-9H2,1-3H3. The molecule has 0 unspecified atom stereocenters. The van der Waals surface area contributed by atoms with E-state index in [4.69, 9.17) is 0 Å². The third kappa shape index (κ3) is 3.93. The highest BCUT2D eigenvalue weighted by atomic mass is 16.1. The summed E-state index contributed by atoms with van der Waals surface area (Å²) in [6, 6.07) is 10.9. The molecule has 0 saturated carbocycles. The highest BCUT2D eigenvalue weighted by Gasteiger charge is 2.08. The summed E-state index contributed by atoms with van der Waals surface area (Å²) in [6.07, 6.45) is 6.98. The molecule has 0 heterocycles. The summed E-state index contributed by atoms with van der Waals surface area (Å²) >= 11 is 0. The number of aryl methyl sites for hydroxylation is 2. The van der Waals surface area contributed by atoms with Crippen molar-refractivity contribution in [3.05, 3.63) is 47.0 Å². The predicted octanol–water partition coefficient (Wildman–Crippen LogP) is 5.73. The number of ketones is 1. The van der Waals surface area contributed by atoms with Crippen LogP contribution in [-0.4, -0.2) is 5.78 Å². The molecule has 0 radical (unpaired) electrons. The summed E-state index contributed by atoms with van der Waals surface area (Å²) in [5.74, 6) is 0.161. The Balaban J connectivity index is 2.47. The van der Waals surface area contributed by atoms with E-state index in [2.05, 4.69) is 44.2 Å². The van der Waals surface area contributed by atoms with Gasteiger partial charge in [0.2, 0.25) is 0 Å². The minimum Gasteiger partial charge on any atom is -0.295 e. The zero-order valence-corrected chi connectivity index (χ0v) is 13.5. The van der Waals surface area contributed by atoms with E-state index in [1.54, 1.807) is 6.92 Å². The first-order valence-corrected chi connectivity index (χ1v) is 8.22. The third-order valence-corrected chi connectivity index (χ3v) is 4.13. The van der Waals surface area contributed by atoms with Crippen molar-refractivity contribution in [1.82, 2.24) is 0 Å². The fourth-order valence-electron chi connectivity index (χ4n) is 2.81. The van der Waals surface area contributed by atoms with E-state index in [9.17, 15) is 4.79 Å². The number of Topliss-reactive ketones (excluding diaryl/α,β-unsaturated/α-hetero) is 1. The summed E-state index contributed by atoms with van der Waals surface area (Å²) in [4.78, 5) is 11.8. The number of unbranched alkanes of at least 4 members (excludes halogenated alkanes) is 2. The van der Waals surface area contributed by atoms with Gasteiger partial charge in [-0.05, 0) is 66.6 Å². The number of hydrogen-bond acceptors (Lipinski definition) is 1. The van der Waals surface area contributed by atoms with Gasteiger partial charge < -0.3 is 0 Å². The molecule has 0 aliphatic heterocycles. The number of rotatable bonds is 7. The molecule has 2 aromatic carbocycles. The fraction of sp³-hybridized carbons (Fsp3) is 0.450. The molecule has 2 aromatic rings. The van der Waals surface area contributed by atoms with E-state index >= 15 is 0 Å². The molecule has 0 bridgehead atoms. The Morgan fingerprint density at radius 1 is 0.952 bits per heavy atom. The molecule has 1 nitrogen and oxygen atoms in total. The molecule has 0 spiro atoms. The van der Waals surface area contributed by atoms with Gasteiger partial charge in [0.05, 0.1) is 0 Å². The normalized spacial score (nSPS) is 11.0. The summed E-state index contributed by atoms with van der Waals surface area (Å²) in [5, 5.41) is 2.54. The topological polar surface area (TPSA) is 17.1 Å². The van der Waals surface area contributed by atoms with Crippen LogP contribution in [0.1, 0.15) is 67.9 Å². The van der Waals surface area contributed by atoms with Gasteiger partial charge in [-0.15, -0.1) is 0 Å². The molecule has 112 valence electrons.